The summed E-state index contributed by atoms with van der Waals surface area (Å²) in [5.41, 5.74) is 0. The van der Waals surface area contributed by atoms with E-state index in [1.54, 1.807) is 0 Å². The predicted molar refractivity (Wildman–Crippen MR) is 84.4 cm³/mol. The van der Waals surface area contributed by atoms with Gasteiger partial charge in [-0.15, -0.1) is 6.42 Å². The molecule has 1 N–H and O–H groups in total. The first-order valence-electron chi connectivity index (χ1n) is 8.13. The summed E-state index contributed by atoms with van der Waals surface area (Å²) in [5.74, 6) is 2.58. The summed E-state index contributed by atoms with van der Waals surface area (Å²) in [4.78, 5) is 0. The minimum absolute atomic E-state index is 0.696. The first-order valence-corrected chi connectivity index (χ1v) is 8.13. The standard InChI is InChI=1S/C17H33NO/c1-3-5-6-7-9-12-16-19-17-13-10-8-11-15-18-14-4-2/h2,18H,3,5-17H2,1H3. The largest absolute Gasteiger partial charge is 0.381 e. The highest BCUT2D eigenvalue weighted by Gasteiger charge is 1.93. The fourth-order valence-corrected chi connectivity index (χ4v) is 2.05. The molecule has 0 bridgehead atoms. The van der Waals surface area contributed by atoms with Gasteiger partial charge in [0.1, 0.15) is 0 Å². The SMILES string of the molecule is C#CCNCCCCCCOCCCCCCCC. The number of rotatable bonds is 15. The minimum atomic E-state index is 0.696. The number of nitrogens with one attached hydrogen (secondary N) is 1. The Morgan fingerprint density at radius 3 is 2.05 bits per heavy atom. The molecule has 0 aliphatic heterocycles. The summed E-state index contributed by atoms with van der Waals surface area (Å²) in [5, 5.41) is 3.21. The van der Waals surface area contributed by atoms with E-state index in [2.05, 4.69) is 18.2 Å². The summed E-state index contributed by atoms with van der Waals surface area (Å²) in [6.07, 6.45) is 18.2. The number of hydrogen-bond acceptors (Lipinski definition) is 2. The van der Waals surface area contributed by atoms with E-state index in [1.165, 1.54) is 64.2 Å². The molecule has 0 aromatic rings. The van der Waals surface area contributed by atoms with Gasteiger partial charge >= 0.3 is 0 Å². The van der Waals surface area contributed by atoms with Gasteiger partial charge in [0.15, 0.2) is 0 Å². The fourth-order valence-electron chi connectivity index (χ4n) is 2.05. The van der Waals surface area contributed by atoms with Crippen molar-refractivity contribution in [3.8, 4) is 12.3 Å². The molecule has 0 rings (SSSR count). The third kappa shape index (κ3) is 17.5. The monoisotopic (exact) mass is 267 g/mol. The Kier molecular flexibility index (Phi) is 17.0. The highest BCUT2D eigenvalue weighted by Crippen LogP contribution is 2.05. The van der Waals surface area contributed by atoms with Gasteiger partial charge in [-0.2, -0.15) is 0 Å². The van der Waals surface area contributed by atoms with E-state index in [0.29, 0.717) is 6.54 Å². The van der Waals surface area contributed by atoms with Gasteiger partial charge < -0.3 is 10.1 Å². The Morgan fingerprint density at radius 2 is 1.42 bits per heavy atom. The Hall–Kier alpha value is -0.520. The normalized spacial score (nSPS) is 10.5. The van der Waals surface area contributed by atoms with Crippen LogP contribution >= 0.6 is 0 Å². The summed E-state index contributed by atoms with van der Waals surface area (Å²) in [6.45, 7) is 5.89. The zero-order valence-electron chi connectivity index (χ0n) is 12.9. The van der Waals surface area contributed by atoms with E-state index < -0.39 is 0 Å². The van der Waals surface area contributed by atoms with Crippen LogP contribution in [0.1, 0.15) is 71.1 Å². The van der Waals surface area contributed by atoms with E-state index in [0.717, 1.165) is 19.8 Å². The van der Waals surface area contributed by atoms with Gasteiger partial charge in [0, 0.05) is 13.2 Å². The average molecular weight is 267 g/mol. The molecule has 0 unspecified atom stereocenters. The summed E-state index contributed by atoms with van der Waals surface area (Å²) in [6, 6.07) is 0. The number of ether oxygens (including phenoxy) is 1. The third-order valence-electron chi connectivity index (χ3n) is 3.26. The molecule has 2 nitrogen and oxygen atoms in total. The Labute approximate surface area is 120 Å². The van der Waals surface area contributed by atoms with Gasteiger partial charge in [0.2, 0.25) is 0 Å². The Bertz CT molecular complexity index is 198. The first-order chi connectivity index (χ1) is 9.41. The fraction of sp³-hybridized carbons (Fsp3) is 0.882. The molecule has 0 heterocycles. The van der Waals surface area contributed by atoms with E-state index >= 15 is 0 Å². The van der Waals surface area contributed by atoms with Crippen molar-refractivity contribution in [1.29, 1.82) is 0 Å². The van der Waals surface area contributed by atoms with Crippen LogP contribution in [-0.4, -0.2) is 26.3 Å². The van der Waals surface area contributed by atoms with Crippen LogP contribution in [0.3, 0.4) is 0 Å². The maximum Gasteiger partial charge on any atom is 0.0573 e. The second-order valence-electron chi connectivity index (χ2n) is 5.18. The Balaban J connectivity index is 2.90. The average Bonchev–Trinajstić information content (AvgIpc) is 2.43. The molecule has 0 aliphatic rings. The minimum Gasteiger partial charge on any atom is -0.381 e. The molecule has 0 aliphatic carbocycles. The molecule has 0 saturated carbocycles. The van der Waals surface area contributed by atoms with Crippen LogP contribution in [-0.2, 0) is 4.74 Å². The van der Waals surface area contributed by atoms with Gasteiger partial charge in [-0.25, -0.2) is 0 Å². The molecule has 0 aromatic heterocycles. The molecule has 19 heavy (non-hydrogen) atoms. The highest BCUT2D eigenvalue weighted by molar-refractivity contribution is 4.86. The van der Waals surface area contributed by atoms with Crippen molar-refractivity contribution in [3.63, 3.8) is 0 Å². The Morgan fingerprint density at radius 1 is 0.842 bits per heavy atom. The van der Waals surface area contributed by atoms with Gasteiger partial charge in [-0.05, 0) is 25.8 Å². The summed E-state index contributed by atoms with van der Waals surface area (Å²) >= 11 is 0. The van der Waals surface area contributed by atoms with Gasteiger partial charge in [0.25, 0.3) is 0 Å². The van der Waals surface area contributed by atoms with Crippen molar-refractivity contribution < 1.29 is 4.74 Å². The van der Waals surface area contributed by atoms with Crippen LogP contribution in [0.15, 0.2) is 0 Å². The summed E-state index contributed by atoms with van der Waals surface area (Å²) in [7, 11) is 0. The second kappa shape index (κ2) is 17.5. The molecule has 0 aromatic carbocycles. The molecule has 0 saturated heterocycles. The van der Waals surface area contributed by atoms with E-state index in [-0.39, 0.29) is 0 Å². The maximum atomic E-state index is 5.64. The van der Waals surface area contributed by atoms with Crippen molar-refractivity contribution in [2.75, 3.05) is 26.3 Å². The number of unbranched alkanes of at least 4 members (excludes halogenated alkanes) is 8. The lowest BCUT2D eigenvalue weighted by Crippen LogP contribution is -2.14. The lowest BCUT2D eigenvalue weighted by molar-refractivity contribution is 0.125. The number of hydrogen-bond donors (Lipinski definition) is 1. The molecule has 0 amide bonds. The van der Waals surface area contributed by atoms with Gasteiger partial charge in [-0.3, -0.25) is 0 Å². The quantitative estimate of drug-likeness (QED) is 0.355. The van der Waals surface area contributed by atoms with Crippen LogP contribution in [0.5, 0.6) is 0 Å². The van der Waals surface area contributed by atoms with Crippen molar-refractivity contribution in [1.82, 2.24) is 5.32 Å². The second-order valence-corrected chi connectivity index (χ2v) is 5.18. The molecule has 112 valence electrons. The topological polar surface area (TPSA) is 21.3 Å². The highest BCUT2D eigenvalue weighted by atomic mass is 16.5. The lowest BCUT2D eigenvalue weighted by Gasteiger charge is -2.05. The molecule has 0 fully saturated rings. The van der Waals surface area contributed by atoms with Crippen LogP contribution in [0, 0.1) is 12.3 Å². The molecular weight excluding hydrogens is 234 g/mol. The van der Waals surface area contributed by atoms with Crippen LogP contribution in [0.2, 0.25) is 0 Å². The van der Waals surface area contributed by atoms with Crippen molar-refractivity contribution in [3.05, 3.63) is 0 Å². The number of terminal acetylenes is 1. The van der Waals surface area contributed by atoms with Gasteiger partial charge in [0.05, 0.1) is 6.54 Å². The van der Waals surface area contributed by atoms with Crippen LogP contribution in [0.25, 0.3) is 0 Å². The van der Waals surface area contributed by atoms with Crippen molar-refractivity contribution in [2.24, 2.45) is 0 Å². The third-order valence-corrected chi connectivity index (χ3v) is 3.26. The molecule has 0 radical (unpaired) electrons. The predicted octanol–water partition coefficient (Wildman–Crippen LogP) is 4.15. The van der Waals surface area contributed by atoms with E-state index in [1.807, 2.05) is 0 Å². The van der Waals surface area contributed by atoms with E-state index in [4.69, 9.17) is 11.2 Å². The van der Waals surface area contributed by atoms with Crippen LogP contribution < -0.4 is 5.32 Å². The molecule has 2 heteroatoms. The van der Waals surface area contributed by atoms with Crippen LogP contribution in [0.4, 0.5) is 0 Å². The molecule has 0 spiro atoms. The zero-order chi connectivity index (χ0) is 14.0. The molecular formula is C17H33NO. The lowest BCUT2D eigenvalue weighted by atomic mass is 10.1. The molecule has 0 atom stereocenters. The zero-order valence-corrected chi connectivity index (χ0v) is 12.9. The first kappa shape index (κ1) is 18.5. The van der Waals surface area contributed by atoms with Crippen molar-refractivity contribution in [2.45, 2.75) is 71.1 Å². The smallest absolute Gasteiger partial charge is 0.0573 e. The summed E-state index contributed by atoms with van der Waals surface area (Å²) < 4.78 is 5.64. The van der Waals surface area contributed by atoms with Gasteiger partial charge in [-0.1, -0.05) is 57.8 Å². The maximum absolute atomic E-state index is 5.64. The van der Waals surface area contributed by atoms with Crippen molar-refractivity contribution >= 4 is 0 Å². The van der Waals surface area contributed by atoms with E-state index in [9.17, 15) is 0 Å².